The Morgan fingerprint density at radius 2 is 2.16 bits per heavy atom. The van der Waals surface area contributed by atoms with Crippen LogP contribution in [-0.4, -0.2) is 49.3 Å². The molecule has 1 aromatic rings. The molecule has 0 spiro atoms. The number of methoxy groups -OCH3 is 1. The molecule has 1 aromatic heterocycles. The second-order valence-electron chi connectivity index (χ2n) is 5.39. The van der Waals surface area contributed by atoms with E-state index in [2.05, 4.69) is 36.8 Å². The van der Waals surface area contributed by atoms with Crippen LogP contribution in [0.4, 0.5) is 0 Å². The van der Waals surface area contributed by atoms with Crippen molar-refractivity contribution in [3.63, 3.8) is 0 Å². The van der Waals surface area contributed by atoms with Crippen LogP contribution in [0.5, 0.6) is 0 Å². The molecule has 19 heavy (non-hydrogen) atoms. The summed E-state index contributed by atoms with van der Waals surface area (Å²) in [6, 6.07) is 6.02. The monoisotopic (exact) mass is 265 g/mol. The lowest BCUT2D eigenvalue weighted by atomic mass is 9.85. The van der Waals surface area contributed by atoms with E-state index in [0.29, 0.717) is 19.1 Å². The molecule has 1 heterocycles. The molecular weight excluding hydrogens is 238 g/mol. The van der Waals surface area contributed by atoms with Gasteiger partial charge in [0.05, 0.1) is 12.1 Å². The fourth-order valence-corrected chi connectivity index (χ4v) is 2.47. The first-order chi connectivity index (χ1) is 9.06. The lowest BCUT2D eigenvalue weighted by molar-refractivity contribution is -0.000487. The predicted octanol–water partition coefficient (Wildman–Crippen LogP) is 1.56. The van der Waals surface area contributed by atoms with Gasteiger partial charge in [0.15, 0.2) is 0 Å². The highest BCUT2D eigenvalue weighted by Gasteiger charge is 2.36. The molecule has 0 aliphatic rings. The zero-order valence-corrected chi connectivity index (χ0v) is 12.6. The molecule has 0 amide bonds. The van der Waals surface area contributed by atoms with Gasteiger partial charge in [-0.15, -0.1) is 0 Å². The van der Waals surface area contributed by atoms with Crippen molar-refractivity contribution < 1.29 is 4.74 Å². The SMILES string of the molecule is COCC(CN)(C(C)C)N(C)CCc1ccccn1. The van der Waals surface area contributed by atoms with Crippen LogP contribution in [0.2, 0.25) is 0 Å². The van der Waals surface area contributed by atoms with Crippen LogP contribution in [0, 0.1) is 5.92 Å². The highest BCUT2D eigenvalue weighted by molar-refractivity contribution is 5.04. The lowest BCUT2D eigenvalue weighted by Gasteiger charge is -2.44. The van der Waals surface area contributed by atoms with E-state index in [1.54, 1.807) is 7.11 Å². The molecule has 4 nitrogen and oxygen atoms in total. The summed E-state index contributed by atoms with van der Waals surface area (Å²) < 4.78 is 5.40. The third-order valence-corrected chi connectivity index (χ3v) is 4.01. The summed E-state index contributed by atoms with van der Waals surface area (Å²) in [7, 11) is 3.86. The smallest absolute Gasteiger partial charge is 0.0661 e. The Morgan fingerprint density at radius 1 is 1.42 bits per heavy atom. The number of hydrogen-bond donors (Lipinski definition) is 1. The lowest BCUT2D eigenvalue weighted by Crippen LogP contribution is -2.59. The van der Waals surface area contributed by atoms with Gasteiger partial charge in [-0.3, -0.25) is 9.88 Å². The van der Waals surface area contributed by atoms with Crippen LogP contribution in [0.15, 0.2) is 24.4 Å². The first kappa shape index (κ1) is 16.1. The van der Waals surface area contributed by atoms with Gasteiger partial charge in [0, 0.05) is 38.5 Å². The van der Waals surface area contributed by atoms with Crippen LogP contribution < -0.4 is 5.73 Å². The summed E-state index contributed by atoms with van der Waals surface area (Å²) in [4.78, 5) is 6.68. The van der Waals surface area contributed by atoms with Gasteiger partial charge in [-0.1, -0.05) is 19.9 Å². The largest absolute Gasteiger partial charge is 0.383 e. The standard InChI is InChI=1S/C15H27N3O/c1-13(2)15(11-16,12-19-4)18(3)10-8-14-7-5-6-9-17-14/h5-7,9,13H,8,10-12,16H2,1-4H3. The molecule has 1 rings (SSSR count). The quantitative estimate of drug-likeness (QED) is 0.775. The average molecular weight is 265 g/mol. The summed E-state index contributed by atoms with van der Waals surface area (Å²) >= 11 is 0. The van der Waals surface area contributed by atoms with Gasteiger partial charge in [-0.2, -0.15) is 0 Å². The Hall–Kier alpha value is -0.970. The number of pyridine rings is 1. The molecule has 0 radical (unpaired) electrons. The van der Waals surface area contributed by atoms with E-state index in [-0.39, 0.29) is 5.54 Å². The number of aromatic nitrogens is 1. The van der Waals surface area contributed by atoms with Gasteiger partial charge in [-0.05, 0) is 25.1 Å². The van der Waals surface area contributed by atoms with Gasteiger partial charge in [0.25, 0.3) is 0 Å². The molecule has 1 unspecified atom stereocenters. The van der Waals surface area contributed by atoms with E-state index in [1.165, 1.54) is 0 Å². The van der Waals surface area contributed by atoms with Crippen LogP contribution in [0.1, 0.15) is 19.5 Å². The molecule has 0 saturated carbocycles. The number of ether oxygens (including phenoxy) is 1. The number of nitrogens with zero attached hydrogens (tertiary/aromatic N) is 2. The van der Waals surface area contributed by atoms with E-state index >= 15 is 0 Å². The molecular formula is C15H27N3O. The maximum absolute atomic E-state index is 6.03. The number of hydrogen-bond acceptors (Lipinski definition) is 4. The summed E-state index contributed by atoms with van der Waals surface area (Å²) in [5.41, 5.74) is 7.03. The summed E-state index contributed by atoms with van der Waals surface area (Å²) in [5, 5.41) is 0. The van der Waals surface area contributed by atoms with Crippen molar-refractivity contribution >= 4 is 0 Å². The molecule has 0 aliphatic heterocycles. The molecule has 0 bridgehead atoms. The van der Waals surface area contributed by atoms with Gasteiger partial charge < -0.3 is 10.5 Å². The topological polar surface area (TPSA) is 51.4 Å². The second-order valence-corrected chi connectivity index (χ2v) is 5.39. The van der Waals surface area contributed by atoms with Gasteiger partial charge in [0.1, 0.15) is 0 Å². The highest BCUT2D eigenvalue weighted by Crippen LogP contribution is 2.23. The Labute approximate surface area is 117 Å². The zero-order chi connectivity index (χ0) is 14.3. The van der Waals surface area contributed by atoms with E-state index in [0.717, 1.165) is 18.7 Å². The molecule has 4 heteroatoms. The molecule has 0 aliphatic carbocycles. The van der Waals surface area contributed by atoms with E-state index in [1.807, 2.05) is 18.3 Å². The second kappa shape index (κ2) is 7.58. The normalized spacial score (nSPS) is 14.9. The Bertz CT molecular complexity index is 356. The van der Waals surface area contributed by atoms with Crippen molar-refractivity contribution in [2.24, 2.45) is 11.7 Å². The van der Waals surface area contributed by atoms with Crippen molar-refractivity contribution in [1.29, 1.82) is 0 Å². The maximum atomic E-state index is 6.03. The number of likely N-dealkylation sites (N-methyl/N-ethyl adjacent to an activating group) is 1. The molecule has 1 atom stereocenters. The van der Waals surface area contributed by atoms with Gasteiger partial charge in [0.2, 0.25) is 0 Å². The van der Waals surface area contributed by atoms with E-state index in [4.69, 9.17) is 10.5 Å². The third kappa shape index (κ3) is 4.00. The van der Waals surface area contributed by atoms with Crippen molar-refractivity contribution in [2.75, 3.05) is 33.9 Å². The summed E-state index contributed by atoms with van der Waals surface area (Å²) in [5.74, 6) is 0.436. The first-order valence-electron chi connectivity index (χ1n) is 6.87. The van der Waals surface area contributed by atoms with Crippen molar-refractivity contribution in [1.82, 2.24) is 9.88 Å². The van der Waals surface area contributed by atoms with Crippen molar-refractivity contribution in [3.05, 3.63) is 30.1 Å². The summed E-state index contributed by atoms with van der Waals surface area (Å²) in [6.07, 6.45) is 2.76. The third-order valence-electron chi connectivity index (χ3n) is 4.01. The number of rotatable bonds is 8. The average Bonchev–Trinajstić information content (AvgIpc) is 2.43. The number of nitrogens with two attached hydrogens (primary N) is 1. The fourth-order valence-electron chi connectivity index (χ4n) is 2.47. The van der Waals surface area contributed by atoms with Crippen molar-refractivity contribution in [2.45, 2.75) is 25.8 Å². The molecule has 108 valence electrons. The Morgan fingerprint density at radius 3 is 2.63 bits per heavy atom. The predicted molar refractivity (Wildman–Crippen MR) is 79.1 cm³/mol. The maximum Gasteiger partial charge on any atom is 0.0661 e. The fraction of sp³-hybridized carbons (Fsp3) is 0.667. The minimum Gasteiger partial charge on any atom is -0.383 e. The van der Waals surface area contributed by atoms with Crippen LogP contribution >= 0.6 is 0 Å². The molecule has 0 aromatic carbocycles. The minimum atomic E-state index is -0.108. The first-order valence-corrected chi connectivity index (χ1v) is 6.87. The van der Waals surface area contributed by atoms with Gasteiger partial charge in [-0.25, -0.2) is 0 Å². The van der Waals surface area contributed by atoms with E-state index < -0.39 is 0 Å². The molecule has 0 saturated heterocycles. The minimum absolute atomic E-state index is 0.108. The van der Waals surface area contributed by atoms with Gasteiger partial charge >= 0.3 is 0 Å². The Balaban J connectivity index is 2.69. The van der Waals surface area contributed by atoms with Crippen LogP contribution in [0.25, 0.3) is 0 Å². The highest BCUT2D eigenvalue weighted by atomic mass is 16.5. The van der Waals surface area contributed by atoms with Crippen LogP contribution in [-0.2, 0) is 11.2 Å². The summed E-state index contributed by atoms with van der Waals surface area (Å²) in [6.45, 7) is 6.57. The molecule has 2 N–H and O–H groups in total. The van der Waals surface area contributed by atoms with E-state index in [9.17, 15) is 0 Å². The van der Waals surface area contributed by atoms with Crippen molar-refractivity contribution in [3.8, 4) is 0 Å². The van der Waals surface area contributed by atoms with Crippen LogP contribution in [0.3, 0.4) is 0 Å². The Kier molecular flexibility index (Phi) is 6.42. The molecule has 0 fully saturated rings. The zero-order valence-electron chi connectivity index (χ0n) is 12.6.